The fraction of sp³-hybridized carbons (Fsp3) is 0.200. The Balaban J connectivity index is 2.33. The van der Waals surface area contributed by atoms with Gasteiger partial charge < -0.3 is 5.32 Å². The molecule has 0 amide bonds. The second kappa shape index (κ2) is 6.28. The van der Waals surface area contributed by atoms with Gasteiger partial charge in [-0.1, -0.05) is 53.2 Å². The highest BCUT2D eigenvalue weighted by molar-refractivity contribution is 7.99. The Hall–Kier alpha value is -0.960. The zero-order valence-corrected chi connectivity index (χ0v) is 12.1. The van der Waals surface area contributed by atoms with Crippen LogP contribution in [0.2, 0.25) is 5.02 Å². The Morgan fingerprint density at radius 3 is 2.67 bits per heavy atom. The summed E-state index contributed by atoms with van der Waals surface area (Å²) in [4.78, 5) is 2.36. The highest BCUT2D eigenvalue weighted by atomic mass is 35.5. The predicted octanol–water partition coefficient (Wildman–Crippen LogP) is 4.52. The first-order valence-corrected chi connectivity index (χ1v) is 7.06. The molecule has 3 heteroatoms. The second-order valence-electron chi connectivity index (χ2n) is 4.18. The molecular weight excluding hydrogens is 262 g/mol. The topological polar surface area (TPSA) is 12.0 Å². The van der Waals surface area contributed by atoms with Gasteiger partial charge in [0.15, 0.2) is 0 Å². The summed E-state index contributed by atoms with van der Waals surface area (Å²) in [5.41, 5.74) is 2.50. The van der Waals surface area contributed by atoms with E-state index in [1.165, 1.54) is 16.0 Å². The molecule has 0 saturated heterocycles. The molecule has 0 heterocycles. The largest absolute Gasteiger partial charge is 0.316 e. The minimum Gasteiger partial charge on any atom is -0.316 e. The maximum atomic E-state index is 6.31. The van der Waals surface area contributed by atoms with Crippen molar-refractivity contribution in [2.24, 2.45) is 0 Å². The van der Waals surface area contributed by atoms with Gasteiger partial charge in [-0.05, 0) is 37.7 Å². The van der Waals surface area contributed by atoms with Crippen LogP contribution in [-0.2, 0) is 6.54 Å². The molecule has 0 fully saturated rings. The summed E-state index contributed by atoms with van der Waals surface area (Å²) in [6, 6.07) is 14.5. The molecule has 2 aromatic carbocycles. The summed E-state index contributed by atoms with van der Waals surface area (Å²) >= 11 is 8.03. The van der Waals surface area contributed by atoms with E-state index in [-0.39, 0.29) is 0 Å². The summed E-state index contributed by atoms with van der Waals surface area (Å²) in [6.45, 7) is 2.93. The van der Waals surface area contributed by atoms with Crippen molar-refractivity contribution >= 4 is 23.4 Å². The quantitative estimate of drug-likeness (QED) is 0.882. The minimum atomic E-state index is 0.814. The molecule has 0 aromatic heterocycles. The molecule has 0 aliphatic rings. The molecule has 2 rings (SSSR count). The van der Waals surface area contributed by atoms with Crippen LogP contribution in [0, 0.1) is 6.92 Å². The van der Waals surface area contributed by atoms with E-state index in [2.05, 4.69) is 42.6 Å². The summed E-state index contributed by atoms with van der Waals surface area (Å²) < 4.78 is 0. The molecule has 94 valence electrons. The lowest BCUT2D eigenvalue weighted by Crippen LogP contribution is -2.06. The van der Waals surface area contributed by atoms with Crippen molar-refractivity contribution < 1.29 is 0 Å². The Labute approximate surface area is 118 Å². The Bertz CT molecular complexity index is 540. The average molecular weight is 278 g/mol. The molecule has 18 heavy (non-hydrogen) atoms. The predicted molar refractivity (Wildman–Crippen MR) is 79.5 cm³/mol. The van der Waals surface area contributed by atoms with Crippen LogP contribution in [0.4, 0.5) is 0 Å². The van der Waals surface area contributed by atoms with Gasteiger partial charge in [-0.2, -0.15) is 0 Å². The van der Waals surface area contributed by atoms with Crippen LogP contribution < -0.4 is 5.32 Å². The van der Waals surface area contributed by atoms with Gasteiger partial charge in [0.2, 0.25) is 0 Å². The lowest BCUT2D eigenvalue weighted by molar-refractivity contribution is 0.803. The van der Waals surface area contributed by atoms with E-state index in [4.69, 9.17) is 11.6 Å². The van der Waals surface area contributed by atoms with E-state index < -0.39 is 0 Å². The van der Waals surface area contributed by atoms with Crippen LogP contribution in [0.5, 0.6) is 0 Å². The third kappa shape index (κ3) is 3.29. The van der Waals surface area contributed by atoms with Gasteiger partial charge in [-0.15, -0.1) is 0 Å². The first kappa shape index (κ1) is 13.5. The van der Waals surface area contributed by atoms with E-state index in [0.717, 1.165) is 16.5 Å². The first-order chi connectivity index (χ1) is 8.70. The number of halogens is 1. The lowest BCUT2D eigenvalue weighted by Gasteiger charge is -2.11. The molecule has 0 bridgehead atoms. The molecule has 0 unspecified atom stereocenters. The summed E-state index contributed by atoms with van der Waals surface area (Å²) in [5.74, 6) is 0. The molecule has 0 spiro atoms. The van der Waals surface area contributed by atoms with Crippen LogP contribution in [0.3, 0.4) is 0 Å². The van der Waals surface area contributed by atoms with E-state index in [1.54, 1.807) is 11.8 Å². The van der Waals surface area contributed by atoms with Crippen molar-refractivity contribution in [3.63, 3.8) is 0 Å². The second-order valence-corrected chi connectivity index (χ2v) is 5.67. The summed E-state index contributed by atoms with van der Waals surface area (Å²) in [6.07, 6.45) is 0. The van der Waals surface area contributed by atoms with Crippen LogP contribution in [-0.4, -0.2) is 7.05 Å². The molecule has 0 atom stereocenters. The van der Waals surface area contributed by atoms with Crippen LogP contribution >= 0.6 is 23.4 Å². The van der Waals surface area contributed by atoms with Gasteiger partial charge in [-0.3, -0.25) is 0 Å². The molecule has 0 aliphatic heterocycles. The minimum absolute atomic E-state index is 0.814. The van der Waals surface area contributed by atoms with Crippen molar-refractivity contribution in [2.75, 3.05) is 7.05 Å². The van der Waals surface area contributed by atoms with Gasteiger partial charge in [0, 0.05) is 16.3 Å². The number of aryl methyl sites for hydroxylation is 1. The normalized spacial score (nSPS) is 10.6. The zero-order valence-electron chi connectivity index (χ0n) is 10.5. The van der Waals surface area contributed by atoms with Crippen LogP contribution in [0.1, 0.15) is 11.1 Å². The Morgan fingerprint density at radius 2 is 1.94 bits per heavy atom. The van der Waals surface area contributed by atoms with Crippen LogP contribution in [0.25, 0.3) is 0 Å². The lowest BCUT2D eigenvalue weighted by atomic mass is 10.2. The van der Waals surface area contributed by atoms with Gasteiger partial charge >= 0.3 is 0 Å². The SMILES string of the molecule is CNCc1cccc(Cl)c1Sc1cccc(C)c1. The monoisotopic (exact) mass is 277 g/mol. The number of hydrogen-bond acceptors (Lipinski definition) is 2. The van der Waals surface area contributed by atoms with Crippen molar-refractivity contribution in [2.45, 2.75) is 23.3 Å². The first-order valence-electron chi connectivity index (χ1n) is 5.87. The highest BCUT2D eigenvalue weighted by Crippen LogP contribution is 2.36. The maximum absolute atomic E-state index is 6.31. The third-order valence-electron chi connectivity index (χ3n) is 2.63. The molecule has 0 saturated carbocycles. The van der Waals surface area contributed by atoms with E-state index in [0.29, 0.717) is 0 Å². The van der Waals surface area contributed by atoms with Crippen molar-refractivity contribution in [1.29, 1.82) is 0 Å². The van der Waals surface area contributed by atoms with Gasteiger partial charge in [0.05, 0.1) is 5.02 Å². The van der Waals surface area contributed by atoms with Gasteiger partial charge in [0.25, 0.3) is 0 Å². The molecule has 1 nitrogen and oxygen atoms in total. The van der Waals surface area contributed by atoms with Crippen molar-refractivity contribution in [3.05, 3.63) is 58.6 Å². The molecule has 1 N–H and O–H groups in total. The molecular formula is C15H16ClNS. The number of hydrogen-bond donors (Lipinski definition) is 1. The Morgan fingerprint density at radius 1 is 1.17 bits per heavy atom. The standard InChI is InChI=1S/C15H16ClNS/c1-11-5-3-7-13(9-11)18-15-12(10-17-2)6-4-8-14(15)16/h3-9,17H,10H2,1-2H3. The van der Waals surface area contributed by atoms with E-state index in [9.17, 15) is 0 Å². The molecule has 2 aromatic rings. The number of benzene rings is 2. The fourth-order valence-electron chi connectivity index (χ4n) is 1.79. The highest BCUT2D eigenvalue weighted by Gasteiger charge is 2.08. The zero-order chi connectivity index (χ0) is 13.0. The summed E-state index contributed by atoms with van der Waals surface area (Å²) in [7, 11) is 1.95. The smallest absolute Gasteiger partial charge is 0.0548 e. The molecule has 0 radical (unpaired) electrons. The fourth-order valence-corrected chi connectivity index (χ4v) is 3.17. The van der Waals surface area contributed by atoms with Crippen molar-refractivity contribution in [3.8, 4) is 0 Å². The van der Waals surface area contributed by atoms with Gasteiger partial charge in [0.1, 0.15) is 0 Å². The van der Waals surface area contributed by atoms with Crippen molar-refractivity contribution in [1.82, 2.24) is 5.32 Å². The van der Waals surface area contributed by atoms with E-state index >= 15 is 0 Å². The van der Waals surface area contributed by atoms with Gasteiger partial charge in [-0.25, -0.2) is 0 Å². The summed E-state index contributed by atoms with van der Waals surface area (Å²) in [5, 5.41) is 3.99. The molecule has 0 aliphatic carbocycles. The van der Waals surface area contributed by atoms with Crippen LogP contribution in [0.15, 0.2) is 52.3 Å². The number of nitrogens with one attached hydrogen (secondary N) is 1. The van der Waals surface area contributed by atoms with E-state index in [1.807, 2.05) is 19.2 Å². The Kier molecular flexibility index (Phi) is 4.70. The average Bonchev–Trinajstić information content (AvgIpc) is 2.34. The maximum Gasteiger partial charge on any atom is 0.0548 e. The number of rotatable bonds is 4. The third-order valence-corrected chi connectivity index (χ3v) is 4.23.